The van der Waals surface area contributed by atoms with Gasteiger partial charge in [-0.15, -0.1) is 5.10 Å². The zero-order valence-corrected chi connectivity index (χ0v) is 17.7. The van der Waals surface area contributed by atoms with E-state index in [1.807, 2.05) is 6.07 Å². The molecule has 2 aromatic heterocycles. The van der Waals surface area contributed by atoms with Crippen LogP contribution in [0.4, 0.5) is 17.6 Å². The fourth-order valence-electron chi connectivity index (χ4n) is 3.30. The van der Waals surface area contributed by atoms with E-state index in [9.17, 15) is 13.9 Å². The fraction of sp³-hybridized carbons (Fsp3) is 0.125. The van der Waals surface area contributed by atoms with Gasteiger partial charge in [-0.25, -0.2) is 13.5 Å². The van der Waals surface area contributed by atoms with Gasteiger partial charge in [-0.05, 0) is 59.0 Å². The molecule has 1 N–H and O–H groups in total. The number of pyridine rings is 1. The minimum Gasteiger partial charge on any atom is -0.377 e. The Morgan fingerprint density at radius 3 is 2.23 bits per heavy atom. The van der Waals surface area contributed by atoms with E-state index in [0.717, 1.165) is 35.4 Å². The third-order valence-electron chi connectivity index (χ3n) is 5.13. The molecule has 0 saturated carbocycles. The van der Waals surface area contributed by atoms with Crippen LogP contribution in [0.5, 0.6) is 0 Å². The molecule has 0 radical (unpaired) electrons. The molecule has 4 aromatic rings. The molecule has 1 unspecified atom stereocenters. The van der Waals surface area contributed by atoms with Gasteiger partial charge in [0.1, 0.15) is 23.7 Å². The van der Waals surface area contributed by atoms with Crippen molar-refractivity contribution < 1.29 is 22.7 Å². The quantitative estimate of drug-likeness (QED) is 0.349. The number of benzene rings is 2. The summed E-state index contributed by atoms with van der Waals surface area (Å²) >= 11 is 0. The Morgan fingerprint density at radius 2 is 1.63 bits per heavy atom. The Labute approximate surface area is 196 Å². The SMILES string of the molecule is N#Cc1ccc(C#Cc2ccc(C(F)(F)C(O)(Cn3cnnn3)c3ccc(F)cc3F)nc2)cc1. The van der Waals surface area contributed by atoms with Crippen LogP contribution >= 0.6 is 0 Å². The van der Waals surface area contributed by atoms with Gasteiger partial charge in [0.25, 0.3) is 0 Å². The number of nitrogens with zero attached hydrogens (tertiary/aromatic N) is 6. The van der Waals surface area contributed by atoms with Crippen molar-refractivity contribution in [2.45, 2.75) is 18.1 Å². The molecular formula is C24H14F4N6O. The Balaban J connectivity index is 1.69. The first-order valence-corrected chi connectivity index (χ1v) is 9.98. The molecule has 174 valence electrons. The normalized spacial score (nSPS) is 12.8. The van der Waals surface area contributed by atoms with Gasteiger partial charge in [-0.1, -0.05) is 11.8 Å². The summed E-state index contributed by atoms with van der Waals surface area (Å²) in [4.78, 5) is 3.75. The second kappa shape index (κ2) is 9.33. The molecule has 0 amide bonds. The minimum absolute atomic E-state index is 0.297. The predicted octanol–water partition coefficient (Wildman–Crippen LogP) is 3.30. The number of aromatic nitrogens is 5. The molecule has 1 atom stereocenters. The van der Waals surface area contributed by atoms with Crippen LogP contribution in [-0.4, -0.2) is 30.3 Å². The van der Waals surface area contributed by atoms with Crippen molar-refractivity contribution in [3.05, 3.63) is 107 Å². The molecule has 0 saturated heterocycles. The maximum atomic E-state index is 15.7. The summed E-state index contributed by atoms with van der Waals surface area (Å²) in [6.07, 6.45) is 2.05. The van der Waals surface area contributed by atoms with Crippen LogP contribution in [0.2, 0.25) is 0 Å². The largest absolute Gasteiger partial charge is 0.377 e. The number of alkyl halides is 2. The number of hydrogen-bond acceptors (Lipinski definition) is 6. The van der Waals surface area contributed by atoms with Crippen LogP contribution in [0.1, 0.15) is 27.9 Å². The number of halogens is 4. The van der Waals surface area contributed by atoms with Crippen LogP contribution < -0.4 is 0 Å². The molecule has 2 heterocycles. The molecule has 2 aromatic carbocycles. The molecule has 0 aliphatic heterocycles. The van der Waals surface area contributed by atoms with Crippen molar-refractivity contribution in [1.29, 1.82) is 5.26 Å². The van der Waals surface area contributed by atoms with Gasteiger partial charge in [0.15, 0.2) is 5.60 Å². The van der Waals surface area contributed by atoms with Crippen molar-refractivity contribution in [1.82, 2.24) is 25.2 Å². The average Bonchev–Trinajstić information content (AvgIpc) is 3.36. The van der Waals surface area contributed by atoms with Gasteiger partial charge >= 0.3 is 5.92 Å². The lowest BCUT2D eigenvalue weighted by Crippen LogP contribution is -2.48. The second-order valence-corrected chi connectivity index (χ2v) is 7.44. The third-order valence-corrected chi connectivity index (χ3v) is 5.13. The van der Waals surface area contributed by atoms with E-state index >= 15 is 8.78 Å². The van der Waals surface area contributed by atoms with Gasteiger partial charge in [0, 0.05) is 29.0 Å². The molecule has 0 bridgehead atoms. The van der Waals surface area contributed by atoms with Crippen LogP contribution in [0.25, 0.3) is 0 Å². The molecule has 4 rings (SSSR count). The molecule has 11 heteroatoms. The summed E-state index contributed by atoms with van der Waals surface area (Å²) in [5.74, 6) is -0.938. The monoisotopic (exact) mass is 478 g/mol. The standard InChI is InChI=1S/C24H14F4N6O/c25-19-8-9-20(21(26)11-19)23(35,14-34-15-31-32-33-34)24(27,28)22-10-7-18(13-30-22)6-3-16-1-4-17(12-29)5-2-16/h1-2,4-5,7-11,13,15,35H,14H2. The third kappa shape index (κ3) is 4.71. The van der Waals surface area contributed by atoms with Crippen LogP contribution in [0, 0.1) is 34.8 Å². The predicted molar refractivity (Wildman–Crippen MR) is 113 cm³/mol. The highest BCUT2D eigenvalue weighted by Crippen LogP contribution is 2.46. The summed E-state index contributed by atoms with van der Waals surface area (Å²) in [5.41, 5.74) is -3.59. The van der Waals surface area contributed by atoms with Gasteiger partial charge in [-0.2, -0.15) is 14.0 Å². The summed E-state index contributed by atoms with van der Waals surface area (Å²) in [5, 5.41) is 30.1. The van der Waals surface area contributed by atoms with Gasteiger partial charge in [0.2, 0.25) is 0 Å². The number of rotatable bonds is 5. The molecule has 7 nitrogen and oxygen atoms in total. The van der Waals surface area contributed by atoms with Crippen LogP contribution in [0.3, 0.4) is 0 Å². The van der Waals surface area contributed by atoms with E-state index in [2.05, 4.69) is 32.4 Å². The first-order valence-electron chi connectivity index (χ1n) is 9.98. The van der Waals surface area contributed by atoms with Crippen LogP contribution in [0.15, 0.2) is 67.1 Å². The number of aliphatic hydroxyl groups is 1. The summed E-state index contributed by atoms with van der Waals surface area (Å²) in [6, 6.07) is 12.6. The maximum Gasteiger partial charge on any atom is 0.323 e. The van der Waals surface area contributed by atoms with E-state index in [1.54, 1.807) is 24.3 Å². The van der Waals surface area contributed by atoms with E-state index in [-0.39, 0.29) is 0 Å². The Bertz CT molecular complexity index is 1440. The molecule has 0 spiro atoms. The molecule has 0 fully saturated rings. The number of tetrazole rings is 1. The highest BCUT2D eigenvalue weighted by molar-refractivity contribution is 5.44. The lowest BCUT2D eigenvalue weighted by molar-refractivity contribution is -0.207. The Morgan fingerprint density at radius 1 is 0.943 bits per heavy atom. The Kier molecular flexibility index (Phi) is 6.28. The van der Waals surface area contributed by atoms with Crippen molar-refractivity contribution in [3.63, 3.8) is 0 Å². The van der Waals surface area contributed by atoms with Crippen LogP contribution in [-0.2, 0) is 18.1 Å². The molecule has 0 aliphatic rings. The second-order valence-electron chi connectivity index (χ2n) is 7.44. The zero-order valence-electron chi connectivity index (χ0n) is 17.7. The van der Waals surface area contributed by atoms with E-state index < -0.39 is 41.0 Å². The lowest BCUT2D eigenvalue weighted by atomic mass is 9.84. The van der Waals surface area contributed by atoms with E-state index in [0.29, 0.717) is 22.8 Å². The van der Waals surface area contributed by atoms with Crippen molar-refractivity contribution in [3.8, 4) is 17.9 Å². The summed E-state index contributed by atoms with van der Waals surface area (Å²) < 4.78 is 60.2. The first kappa shape index (κ1) is 23.5. The van der Waals surface area contributed by atoms with E-state index in [4.69, 9.17) is 5.26 Å². The van der Waals surface area contributed by atoms with Gasteiger partial charge in [0.05, 0.1) is 18.2 Å². The number of nitriles is 1. The van der Waals surface area contributed by atoms with Crippen molar-refractivity contribution in [2.24, 2.45) is 0 Å². The maximum absolute atomic E-state index is 15.7. The summed E-state index contributed by atoms with van der Waals surface area (Å²) in [7, 11) is 0. The van der Waals surface area contributed by atoms with Crippen molar-refractivity contribution in [2.75, 3.05) is 0 Å². The minimum atomic E-state index is -4.16. The first-order chi connectivity index (χ1) is 16.7. The molecule has 0 aliphatic carbocycles. The number of hydrogen-bond donors (Lipinski definition) is 1. The summed E-state index contributed by atoms with van der Waals surface area (Å²) in [6.45, 7) is -0.947. The lowest BCUT2D eigenvalue weighted by Gasteiger charge is -2.35. The molecular weight excluding hydrogens is 464 g/mol. The van der Waals surface area contributed by atoms with Gasteiger partial charge < -0.3 is 5.11 Å². The highest BCUT2D eigenvalue weighted by atomic mass is 19.3. The molecule has 35 heavy (non-hydrogen) atoms. The van der Waals surface area contributed by atoms with Gasteiger partial charge in [-0.3, -0.25) is 4.98 Å². The topological polar surface area (TPSA) is 101 Å². The smallest absolute Gasteiger partial charge is 0.323 e. The van der Waals surface area contributed by atoms with E-state index in [1.165, 1.54) is 6.07 Å². The zero-order chi connectivity index (χ0) is 25.1. The average molecular weight is 478 g/mol. The van der Waals surface area contributed by atoms with Crippen molar-refractivity contribution >= 4 is 0 Å². The fourth-order valence-corrected chi connectivity index (χ4v) is 3.30. The highest BCUT2D eigenvalue weighted by Gasteiger charge is 2.57. The Hall–Kier alpha value is -4.61.